The van der Waals surface area contributed by atoms with E-state index in [2.05, 4.69) is 15.2 Å². The standard InChI is InChI=1S/C26H26N5O4/c32-24-5-1-4-22-18-9-19(15-29(22)24)25-21(26(33)28-13-16-3-2-8-27-12-16)11-17-10-20(31(34)35)6-7-23(17)30(25)14-18/h1-8,10,12,18-19,21,25,34H,9,11,13-15H2,(H,28,33)/q-1/t18?,19?,21-,25+/m1/s1. The van der Waals surface area contributed by atoms with Crippen LogP contribution in [0.5, 0.6) is 0 Å². The van der Waals surface area contributed by atoms with Crippen molar-refractivity contribution in [1.82, 2.24) is 14.9 Å². The van der Waals surface area contributed by atoms with Gasteiger partial charge in [-0.1, -0.05) is 12.1 Å². The molecule has 1 saturated heterocycles. The topological polar surface area (TPSA) is 114 Å². The van der Waals surface area contributed by atoms with Gasteiger partial charge in [-0.25, -0.2) is 0 Å². The fourth-order valence-corrected chi connectivity index (χ4v) is 6.28. The zero-order valence-electron chi connectivity index (χ0n) is 19.1. The minimum absolute atomic E-state index is 0.00237. The molecule has 1 fully saturated rings. The van der Waals surface area contributed by atoms with Gasteiger partial charge in [0, 0.05) is 61.4 Å². The van der Waals surface area contributed by atoms with E-state index in [1.165, 1.54) is 0 Å². The molecule has 2 bridgehead atoms. The molecule has 1 amide bonds. The number of carbonyl (C=O) groups excluding carboxylic acids is 1. The number of hydrogen-bond acceptors (Lipinski definition) is 7. The van der Waals surface area contributed by atoms with Crippen molar-refractivity contribution in [2.45, 2.75) is 37.9 Å². The highest BCUT2D eigenvalue weighted by Gasteiger charge is 2.49. The van der Waals surface area contributed by atoms with E-state index >= 15 is 0 Å². The van der Waals surface area contributed by atoms with Crippen molar-refractivity contribution in [1.29, 1.82) is 0 Å². The molecule has 5 heterocycles. The van der Waals surface area contributed by atoms with E-state index in [0.29, 0.717) is 26.1 Å². The van der Waals surface area contributed by atoms with Gasteiger partial charge in [-0.2, -0.15) is 0 Å². The number of nitrogens with zero attached hydrogens (tertiary/aromatic N) is 4. The number of amides is 1. The van der Waals surface area contributed by atoms with Gasteiger partial charge in [0.15, 0.2) is 0 Å². The summed E-state index contributed by atoms with van der Waals surface area (Å²) < 4.78 is 1.88. The van der Waals surface area contributed by atoms with Crippen molar-refractivity contribution in [3.63, 3.8) is 0 Å². The Morgan fingerprint density at radius 2 is 2.09 bits per heavy atom. The zero-order valence-corrected chi connectivity index (χ0v) is 19.1. The number of anilines is 2. The molecular formula is C26H26N5O4-. The Morgan fingerprint density at radius 1 is 1.20 bits per heavy atom. The van der Waals surface area contributed by atoms with Gasteiger partial charge in [-0.15, -0.1) is 0 Å². The van der Waals surface area contributed by atoms with Gasteiger partial charge in [-0.05, 0) is 60.2 Å². The van der Waals surface area contributed by atoms with Crippen molar-refractivity contribution in [2.24, 2.45) is 11.8 Å². The number of pyridine rings is 2. The highest BCUT2D eigenvalue weighted by molar-refractivity contribution is 5.82. The summed E-state index contributed by atoms with van der Waals surface area (Å²) in [5.74, 6) is -0.109. The van der Waals surface area contributed by atoms with E-state index in [4.69, 9.17) is 0 Å². The van der Waals surface area contributed by atoms with Gasteiger partial charge >= 0.3 is 0 Å². The molecule has 3 aliphatic rings. The van der Waals surface area contributed by atoms with Crippen LogP contribution in [0.4, 0.5) is 11.4 Å². The van der Waals surface area contributed by atoms with Crippen LogP contribution in [-0.2, 0) is 24.3 Å². The molecule has 0 spiro atoms. The second kappa shape index (κ2) is 8.51. The first-order valence-electron chi connectivity index (χ1n) is 11.9. The number of hydrogen-bond donors (Lipinski definition) is 2. The highest BCUT2D eigenvalue weighted by atomic mass is 16.8. The lowest BCUT2D eigenvalue weighted by Crippen LogP contribution is -2.61. The molecule has 4 atom stereocenters. The van der Waals surface area contributed by atoms with Gasteiger partial charge < -0.3 is 25.2 Å². The first kappa shape index (κ1) is 21.8. The summed E-state index contributed by atoms with van der Waals surface area (Å²) in [5, 5.41) is 24.0. The fraction of sp³-hybridized carbons (Fsp3) is 0.346. The van der Waals surface area contributed by atoms with E-state index in [1.807, 2.05) is 34.9 Å². The van der Waals surface area contributed by atoms with Crippen LogP contribution in [0.25, 0.3) is 0 Å². The van der Waals surface area contributed by atoms with E-state index in [9.17, 15) is 20.0 Å². The Morgan fingerprint density at radius 3 is 2.89 bits per heavy atom. The monoisotopic (exact) mass is 472 g/mol. The van der Waals surface area contributed by atoms with Crippen LogP contribution in [0, 0.1) is 17.0 Å². The van der Waals surface area contributed by atoms with Crippen molar-refractivity contribution in [2.75, 3.05) is 16.7 Å². The van der Waals surface area contributed by atoms with Crippen molar-refractivity contribution >= 4 is 17.3 Å². The van der Waals surface area contributed by atoms with Crippen molar-refractivity contribution < 1.29 is 10.0 Å². The summed E-state index contributed by atoms with van der Waals surface area (Å²) in [7, 11) is 0. The lowest BCUT2D eigenvalue weighted by Gasteiger charge is -2.54. The maximum absolute atomic E-state index is 13.6. The molecule has 3 aromatic rings. The van der Waals surface area contributed by atoms with Crippen LogP contribution in [-0.4, -0.2) is 33.3 Å². The first-order valence-corrected chi connectivity index (χ1v) is 11.9. The largest absolute Gasteiger partial charge is 0.733 e. The summed E-state index contributed by atoms with van der Waals surface area (Å²) in [6, 6.07) is 14.3. The third-order valence-corrected chi connectivity index (χ3v) is 7.74. The lowest BCUT2D eigenvalue weighted by molar-refractivity contribution is -0.126. The third-order valence-electron chi connectivity index (χ3n) is 7.74. The Bertz CT molecular complexity index is 1320. The van der Waals surface area contributed by atoms with Crippen molar-refractivity contribution in [3.05, 3.63) is 93.3 Å². The van der Waals surface area contributed by atoms with E-state index in [1.54, 1.807) is 30.6 Å². The molecule has 3 aliphatic heterocycles. The molecule has 180 valence electrons. The highest BCUT2D eigenvalue weighted by Crippen LogP contribution is 2.47. The summed E-state index contributed by atoms with van der Waals surface area (Å²) in [5.41, 5.74) is 3.95. The van der Waals surface area contributed by atoms with E-state index < -0.39 is 0 Å². The van der Waals surface area contributed by atoms with Gasteiger partial charge in [0.1, 0.15) is 0 Å². The number of rotatable bonds is 4. The molecule has 1 aromatic carbocycles. The van der Waals surface area contributed by atoms with Gasteiger partial charge in [0.2, 0.25) is 5.91 Å². The average molecular weight is 473 g/mol. The fourth-order valence-electron chi connectivity index (χ4n) is 6.28. The smallest absolute Gasteiger partial charge is 0.250 e. The molecule has 2 unspecified atom stereocenters. The maximum Gasteiger partial charge on any atom is 0.250 e. The number of nitrogens with one attached hydrogen (secondary N) is 1. The lowest BCUT2D eigenvalue weighted by atomic mass is 9.70. The Hall–Kier alpha value is -3.69. The van der Waals surface area contributed by atoms with Crippen LogP contribution in [0.15, 0.2) is 65.7 Å². The molecule has 0 aliphatic carbocycles. The molecule has 2 N–H and O–H groups in total. The summed E-state index contributed by atoms with van der Waals surface area (Å²) in [4.78, 5) is 32.6. The molecule has 6 rings (SSSR count). The summed E-state index contributed by atoms with van der Waals surface area (Å²) in [6.45, 7) is 1.64. The number of aromatic nitrogens is 2. The number of benzene rings is 1. The molecule has 2 aromatic heterocycles. The van der Waals surface area contributed by atoms with Crippen LogP contribution < -0.4 is 21.0 Å². The minimum atomic E-state index is -0.361. The molecule has 0 radical (unpaired) electrons. The van der Waals surface area contributed by atoms with Gasteiger partial charge in [0.25, 0.3) is 5.56 Å². The SMILES string of the molecule is O=C(NCc1cccnc1)[C@@H]1Cc2cc(N([O-])O)ccc2N2CC3CC(Cn4c3cccc4=O)[C@@H]12. The molecule has 9 heteroatoms. The first-order chi connectivity index (χ1) is 17.0. The molecule has 0 saturated carbocycles. The maximum atomic E-state index is 13.6. The van der Waals surface area contributed by atoms with Crippen LogP contribution in [0.2, 0.25) is 0 Å². The van der Waals surface area contributed by atoms with Crippen LogP contribution >= 0.6 is 0 Å². The van der Waals surface area contributed by atoms with Crippen LogP contribution in [0.1, 0.15) is 29.2 Å². The number of piperidine rings is 1. The van der Waals surface area contributed by atoms with E-state index in [-0.39, 0.29) is 46.2 Å². The predicted octanol–water partition coefficient (Wildman–Crippen LogP) is 2.42. The minimum Gasteiger partial charge on any atom is -0.733 e. The van der Waals surface area contributed by atoms with Gasteiger partial charge in [0.05, 0.1) is 11.6 Å². The quantitative estimate of drug-likeness (QED) is 0.561. The molecule has 35 heavy (non-hydrogen) atoms. The second-order valence-corrected chi connectivity index (χ2v) is 9.71. The zero-order chi connectivity index (χ0) is 24.1. The Labute approximate surface area is 202 Å². The van der Waals surface area contributed by atoms with Gasteiger partial charge in [-0.3, -0.25) is 19.8 Å². The number of fused-ring (bicyclic) bond motifs is 8. The van der Waals surface area contributed by atoms with E-state index in [0.717, 1.165) is 28.9 Å². The third kappa shape index (κ3) is 3.77. The Balaban J connectivity index is 1.38. The Kier molecular flexibility index (Phi) is 5.31. The average Bonchev–Trinajstić information content (AvgIpc) is 2.87. The predicted molar refractivity (Wildman–Crippen MR) is 130 cm³/mol. The van der Waals surface area contributed by atoms with Crippen LogP contribution in [0.3, 0.4) is 0 Å². The summed E-state index contributed by atoms with van der Waals surface area (Å²) in [6.07, 6.45) is 4.81. The summed E-state index contributed by atoms with van der Waals surface area (Å²) >= 11 is 0. The van der Waals surface area contributed by atoms with Crippen molar-refractivity contribution in [3.8, 4) is 0 Å². The second-order valence-electron chi connectivity index (χ2n) is 9.71. The number of carbonyl (C=O) groups is 1. The molecular weight excluding hydrogens is 446 g/mol. The normalized spacial score (nSPS) is 24.1. The molecule has 9 nitrogen and oxygen atoms in total.